The maximum atomic E-state index is 12.5. The highest BCUT2D eigenvalue weighted by Gasteiger charge is 2.16. The average Bonchev–Trinajstić information content (AvgIpc) is 2.47. The zero-order valence-corrected chi connectivity index (χ0v) is 13.5. The van der Waals surface area contributed by atoms with Gasteiger partial charge in [-0.05, 0) is 65.0 Å². The van der Waals surface area contributed by atoms with Crippen LogP contribution in [0.3, 0.4) is 0 Å². The molecule has 0 aromatic heterocycles. The Morgan fingerprint density at radius 3 is 2.76 bits per heavy atom. The summed E-state index contributed by atoms with van der Waals surface area (Å²) in [5.74, 6) is 0.199. The molecule has 0 heterocycles. The van der Waals surface area contributed by atoms with Gasteiger partial charge in [0, 0.05) is 5.56 Å². The first-order valence-corrected chi connectivity index (χ1v) is 8.10. The van der Waals surface area contributed by atoms with Gasteiger partial charge >= 0.3 is 0 Å². The maximum absolute atomic E-state index is 12.5. The fourth-order valence-electron chi connectivity index (χ4n) is 3.00. The van der Waals surface area contributed by atoms with Gasteiger partial charge in [-0.1, -0.05) is 35.4 Å². The molecule has 0 aliphatic heterocycles. The zero-order chi connectivity index (χ0) is 15.2. The number of hydrogen-bond donors (Lipinski definition) is 1. The number of hydrogen-bond acceptors (Lipinski definition) is 2. The second-order valence-electron chi connectivity index (χ2n) is 6.22. The van der Waals surface area contributed by atoms with Crippen molar-refractivity contribution in [2.45, 2.75) is 58.9 Å². The number of allylic oxidation sites excluding steroid dienone is 1. The molecule has 1 N–H and O–H groups in total. The Morgan fingerprint density at radius 1 is 1.29 bits per heavy atom. The summed E-state index contributed by atoms with van der Waals surface area (Å²) < 4.78 is 0. The van der Waals surface area contributed by atoms with Gasteiger partial charge < -0.3 is 5.32 Å². The molecule has 1 atom stereocenters. The average molecular weight is 285 g/mol. The van der Waals surface area contributed by atoms with E-state index in [0.717, 1.165) is 24.1 Å². The van der Waals surface area contributed by atoms with Crippen LogP contribution in [0.2, 0.25) is 0 Å². The molecule has 0 saturated heterocycles. The first-order valence-electron chi connectivity index (χ1n) is 8.10. The number of carbonyl (C=O) groups is 1. The van der Waals surface area contributed by atoms with Crippen LogP contribution in [-0.4, -0.2) is 18.4 Å². The minimum Gasteiger partial charge on any atom is -0.307 e. The molecule has 0 saturated carbocycles. The summed E-state index contributed by atoms with van der Waals surface area (Å²) in [6, 6.07) is 5.93. The second kappa shape index (κ2) is 7.56. The molecule has 2 nitrogen and oxygen atoms in total. The number of aryl methyl sites for hydroxylation is 2. The van der Waals surface area contributed by atoms with Crippen LogP contribution in [0, 0.1) is 13.8 Å². The number of nitrogens with one attached hydrogen (secondary N) is 1. The molecule has 1 aliphatic rings. The van der Waals surface area contributed by atoms with E-state index in [1.54, 1.807) is 5.57 Å². The van der Waals surface area contributed by atoms with Gasteiger partial charge in [-0.3, -0.25) is 4.79 Å². The summed E-state index contributed by atoms with van der Waals surface area (Å²) >= 11 is 0. The Kier molecular flexibility index (Phi) is 5.75. The highest BCUT2D eigenvalue weighted by Crippen LogP contribution is 2.19. The van der Waals surface area contributed by atoms with Crippen LogP contribution in [0.25, 0.3) is 0 Å². The summed E-state index contributed by atoms with van der Waals surface area (Å²) in [5.41, 5.74) is 4.68. The third kappa shape index (κ3) is 4.53. The monoisotopic (exact) mass is 285 g/mol. The SMILES string of the molecule is Cc1ccc(C(=O)C(C)NCCC2=CCCCC2)c(C)c1. The van der Waals surface area contributed by atoms with Crippen molar-refractivity contribution in [1.29, 1.82) is 0 Å². The van der Waals surface area contributed by atoms with Crippen molar-refractivity contribution in [3.8, 4) is 0 Å². The lowest BCUT2D eigenvalue weighted by Crippen LogP contribution is -2.35. The molecule has 1 aliphatic carbocycles. The first-order chi connectivity index (χ1) is 10.1. The lowest BCUT2D eigenvalue weighted by Gasteiger charge is -2.17. The van der Waals surface area contributed by atoms with E-state index in [4.69, 9.17) is 0 Å². The fraction of sp³-hybridized carbons (Fsp3) is 0.526. The molecule has 0 bridgehead atoms. The van der Waals surface area contributed by atoms with Gasteiger partial charge in [0.25, 0.3) is 0 Å². The molecule has 0 spiro atoms. The standard InChI is InChI=1S/C19H27NO/c1-14-9-10-18(15(2)13-14)19(21)16(3)20-12-11-17-7-5-4-6-8-17/h7,9-10,13,16,20H,4-6,8,11-12H2,1-3H3. The minimum atomic E-state index is -0.115. The van der Waals surface area contributed by atoms with Crippen molar-refractivity contribution >= 4 is 5.78 Å². The van der Waals surface area contributed by atoms with Crippen LogP contribution in [0.4, 0.5) is 0 Å². The summed E-state index contributed by atoms with van der Waals surface area (Å²) in [5, 5.41) is 3.38. The molecule has 21 heavy (non-hydrogen) atoms. The van der Waals surface area contributed by atoms with E-state index in [2.05, 4.69) is 24.4 Å². The lowest BCUT2D eigenvalue weighted by molar-refractivity contribution is 0.0950. The van der Waals surface area contributed by atoms with E-state index in [-0.39, 0.29) is 11.8 Å². The van der Waals surface area contributed by atoms with E-state index in [1.807, 2.05) is 26.0 Å². The van der Waals surface area contributed by atoms with Gasteiger partial charge in [0.2, 0.25) is 0 Å². The minimum absolute atomic E-state index is 0.115. The Balaban J connectivity index is 1.86. The van der Waals surface area contributed by atoms with Crippen LogP contribution in [0.15, 0.2) is 29.8 Å². The van der Waals surface area contributed by atoms with Gasteiger partial charge in [-0.25, -0.2) is 0 Å². The number of carbonyl (C=O) groups excluding carboxylic acids is 1. The summed E-state index contributed by atoms with van der Waals surface area (Å²) in [6.07, 6.45) is 8.57. The predicted molar refractivity (Wildman–Crippen MR) is 88.9 cm³/mol. The molecule has 114 valence electrons. The molecule has 1 aromatic rings. The largest absolute Gasteiger partial charge is 0.307 e. The van der Waals surface area contributed by atoms with Crippen molar-refractivity contribution in [3.05, 3.63) is 46.5 Å². The van der Waals surface area contributed by atoms with Crippen molar-refractivity contribution in [2.75, 3.05) is 6.54 Å². The molecule has 0 amide bonds. The second-order valence-corrected chi connectivity index (χ2v) is 6.22. The van der Waals surface area contributed by atoms with Crippen LogP contribution < -0.4 is 5.32 Å². The lowest BCUT2D eigenvalue weighted by atomic mass is 9.96. The zero-order valence-electron chi connectivity index (χ0n) is 13.5. The summed E-state index contributed by atoms with van der Waals surface area (Å²) in [7, 11) is 0. The predicted octanol–water partition coefficient (Wildman–Crippen LogP) is 4.35. The van der Waals surface area contributed by atoms with Gasteiger partial charge in [-0.15, -0.1) is 0 Å². The Labute approximate surface area is 128 Å². The van der Waals surface area contributed by atoms with E-state index >= 15 is 0 Å². The van der Waals surface area contributed by atoms with Crippen LogP contribution in [-0.2, 0) is 0 Å². The van der Waals surface area contributed by atoms with Crippen LogP contribution >= 0.6 is 0 Å². The third-order valence-corrected chi connectivity index (χ3v) is 4.32. The van der Waals surface area contributed by atoms with Gasteiger partial charge in [0.05, 0.1) is 6.04 Å². The van der Waals surface area contributed by atoms with Crippen molar-refractivity contribution < 1.29 is 4.79 Å². The molecule has 1 aromatic carbocycles. The molecule has 0 fully saturated rings. The Bertz CT molecular complexity index is 530. The van der Waals surface area contributed by atoms with E-state index in [9.17, 15) is 4.79 Å². The molecule has 1 unspecified atom stereocenters. The van der Waals surface area contributed by atoms with E-state index in [1.165, 1.54) is 31.2 Å². The number of rotatable bonds is 6. The molecular weight excluding hydrogens is 258 g/mol. The third-order valence-electron chi connectivity index (χ3n) is 4.32. The number of ketones is 1. The summed E-state index contributed by atoms with van der Waals surface area (Å²) in [4.78, 5) is 12.5. The Hall–Kier alpha value is -1.41. The van der Waals surface area contributed by atoms with Crippen LogP contribution in [0.5, 0.6) is 0 Å². The maximum Gasteiger partial charge on any atom is 0.179 e. The van der Waals surface area contributed by atoms with E-state index < -0.39 is 0 Å². The Morgan fingerprint density at radius 2 is 2.10 bits per heavy atom. The van der Waals surface area contributed by atoms with Gasteiger partial charge in [0.1, 0.15) is 0 Å². The first kappa shape index (κ1) is 16.0. The van der Waals surface area contributed by atoms with E-state index in [0.29, 0.717) is 0 Å². The highest BCUT2D eigenvalue weighted by molar-refractivity contribution is 6.01. The molecule has 2 rings (SSSR count). The van der Waals surface area contributed by atoms with Crippen molar-refractivity contribution in [2.24, 2.45) is 0 Å². The summed E-state index contributed by atoms with van der Waals surface area (Å²) in [6.45, 7) is 6.93. The smallest absolute Gasteiger partial charge is 0.179 e. The normalized spacial score (nSPS) is 16.4. The number of Topliss-reactive ketones (excluding diaryl/α,β-unsaturated/α-hetero) is 1. The van der Waals surface area contributed by atoms with Crippen molar-refractivity contribution in [1.82, 2.24) is 5.32 Å². The molecule has 2 heteroatoms. The van der Waals surface area contributed by atoms with Gasteiger partial charge in [-0.2, -0.15) is 0 Å². The molecular formula is C19H27NO. The quantitative estimate of drug-likeness (QED) is 0.621. The van der Waals surface area contributed by atoms with Crippen molar-refractivity contribution in [3.63, 3.8) is 0 Å². The highest BCUT2D eigenvalue weighted by atomic mass is 16.1. The van der Waals surface area contributed by atoms with Crippen LogP contribution in [0.1, 0.15) is 60.5 Å². The number of benzene rings is 1. The molecule has 0 radical (unpaired) electrons. The van der Waals surface area contributed by atoms with Gasteiger partial charge in [0.15, 0.2) is 5.78 Å². The fourth-order valence-corrected chi connectivity index (χ4v) is 3.00. The topological polar surface area (TPSA) is 29.1 Å².